The van der Waals surface area contributed by atoms with E-state index < -0.39 is 10.0 Å². The molecule has 0 spiro atoms. The van der Waals surface area contributed by atoms with Crippen molar-refractivity contribution in [2.45, 2.75) is 50.3 Å². The van der Waals surface area contributed by atoms with Crippen LogP contribution in [0.2, 0.25) is 5.02 Å². The van der Waals surface area contributed by atoms with Gasteiger partial charge in [-0.15, -0.1) is 0 Å². The lowest BCUT2D eigenvalue weighted by Crippen LogP contribution is -2.27. The molecule has 0 radical (unpaired) electrons. The van der Waals surface area contributed by atoms with Crippen LogP contribution in [0.15, 0.2) is 17.0 Å². The number of benzene rings is 1. The molecule has 21 heavy (non-hydrogen) atoms. The molecule has 0 atom stereocenters. The van der Waals surface area contributed by atoms with E-state index in [-0.39, 0.29) is 10.6 Å². The second kappa shape index (κ2) is 6.99. The van der Waals surface area contributed by atoms with Gasteiger partial charge in [0.1, 0.15) is 0 Å². The largest absolute Gasteiger partial charge is 0.397 e. The summed E-state index contributed by atoms with van der Waals surface area (Å²) in [5.74, 6) is 0.651. The molecule has 2 rings (SSSR count). The molecule has 1 aliphatic carbocycles. The molecule has 1 saturated carbocycles. The van der Waals surface area contributed by atoms with Crippen LogP contribution in [0, 0.1) is 12.8 Å². The first-order chi connectivity index (χ1) is 9.90. The average Bonchev–Trinajstić information content (AvgIpc) is 2.43. The summed E-state index contributed by atoms with van der Waals surface area (Å²) in [6.45, 7) is 2.20. The smallest absolute Gasteiger partial charge is 0.240 e. The average molecular weight is 331 g/mol. The lowest BCUT2D eigenvalue weighted by Gasteiger charge is -2.21. The van der Waals surface area contributed by atoms with Crippen LogP contribution in [-0.2, 0) is 10.0 Å². The zero-order valence-electron chi connectivity index (χ0n) is 12.4. The minimum absolute atomic E-state index is 0.216. The molecule has 1 fully saturated rings. The Labute approximate surface area is 132 Å². The van der Waals surface area contributed by atoms with Gasteiger partial charge in [-0.25, -0.2) is 13.1 Å². The van der Waals surface area contributed by atoms with Crippen LogP contribution in [0.5, 0.6) is 0 Å². The Hall–Kier alpha value is -0.780. The van der Waals surface area contributed by atoms with Gasteiger partial charge in [0.2, 0.25) is 10.0 Å². The molecule has 0 heterocycles. The molecule has 0 aromatic heterocycles. The molecular formula is C15H23ClN2O2S. The number of rotatable bonds is 5. The van der Waals surface area contributed by atoms with Crippen LogP contribution < -0.4 is 10.5 Å². The maximum atomic E-state index is 12.3. The van der Waals surface area contributed by atoms with Crippen LogP contribution in [0.4, 0.5) is 5.69 Å². The van der Waals surface area contributed by atoms with Crippen molar-refractivity contribution in [3.63, 3.8) is 0 Å². The number of hydrogen-bond donors (Lipinski definition) is 2. The highest BCUT2D eigenvalue weighted by molar-refractivity contribution is 7.89. The fourth-order valence-electron chi connectivity index (χ4n) is 2.91. The standard InChI is InChI=1S/C15H23ClN2O2S/c1-11-9-13(16)14(17)10-15(11)21(19,20)18-8-7-12-5-3-2-4-6-12/h9-10,12,18H,2-8,17H2,1H3. The van der Waals surface area contributed by atoms with Crippen molar-refractivity contribution in [1.29, 1.82) is 0 Å². The summed E-state index contributed by atoms with van der Waals surface area (Å²) in [4.78, 5) is 0.216. The maximum absolute atomic E-state index is 12.3. The van der Waals surface area contributed by atoms with Crippen molar-refractivity contribution in [2.24, 2.45) is 5.92 Å². The first-order valence-corrected chi connectivity index (χ1v) is 9.31. The van der Waals surface area contributed by atoms with Crippen molar-refractivity contribution in [3.8, 4) is 0 Å². The summed E-state index contributed by atoms with van der Waals surface area (Å²) in [6.07, 6.45) is 7.19. The highest BCUT2D eigenvalue weighted by Gasteiger charge is 2.19. The lowest BCUT2D eigenvalue weighted by atomic mass is 9.87. The molecule has 0 unspecified atom stereocenters. The Morgan fingerprint density at radius 3 is 2.62 bits per heavy atom. The number of nitrogens with one attached hydrogen (secondary N) is 1. The van der Waals surface area contributed by atoms with Gasteiger partial charge in [0, 0.05) is 6.54 Å². The van der Waals surface area contributed by atoms with E-state index in [2.05, 4.69) is 4.72 Å². The summed E-state index contributed by atoms with van der Waals surface area (Å²) in [6, 6.07) is 3.02. The highest BCUT2D eigenvalue weighted by atomic mass is 35.5. The summed E-state index contributed by atoms with van der Waals surface area (Å²) in [5, 5.41) is 0.383. The molecule has 0 amide bonds. The van der Waals surface area contributed by atoms with Gasteiger partial charge in [0.15, 0.2) is 0 Å². The zero-order chi connectivity index (χ0) is 15.5. The lowest BCUT2D eigenvalue weighted by molar-refractivity contribution is 0.339. The minimum Gasteiger partial charge on any atom is -0.397 e. The molecule has 0 aliphatic heterocycles. The van der Waals surface area contributed by atoms with Crippen molar-refractivity contribution in [2.75, 3.05) is 12.3 Å². The Morgan fingerprint density at radius 2 is 1.95 bits per heavy atom. The van der Waals surface area contributed by atoms with E-state index in [0.717, 1.165) is 6.42 Å². The Balaban J connectivity index is 1.99. The number of nitrogens with two attached hydrogens (primary N) is 1. The van der Waals surface area contributed by atoms with E-state index in [9.17, 15) is 8.42 Å². The summed E-state index contributed by atoms with van der Waals surface area (Å²) < 4.78 is 27.4. The Morgan fingerprint density at radius 1 is 1.29 bits per heavy atom. The zero-order valence-corrected chi connectivity index (χ0v) is 13.9. The van der Waals surface area contributed by atoms with Gasteiger partial charge in [-0.3, -0.25) is 0 Å². The molecule has 0 saturated heterocycles. The fourth-order valence-corrected chi connectivity index (χ4v) is 4.43. The monoisotopic (exact) mass is 330 g/mol. The predicted octanol–water partition coefficient (Wildman–Crippen LogP) is 3.48. The van der Waals surface area contributed by atoms with Crippen molar-refractivity contribution in [1.82, 2.24) is 4.72 Å². The molecule has 118 valence electrons. The Kier molecular flexibility index (Phi) is 5.52. The Bertz CT molecular complexity index is 596. The molecular weight excluding hydrogens is 308 g/mol. The van der Waals surface area contributed by atoms with Gasteiger partial charge in [0.05, 0.1) is 15.6 Å². The molecule has 3 N–H and O–H groups in total. The second-order valence-corrected chi connectivity index (χ2v) is 7.97. The number of hydrogen-bond acceptors (Lipinski definition) is 3. The topological polar surface area (TPSA) is 72.2 Å². The first kappa shape index (κ1) is 16.6. The normalized spacial score (nSPS) is 17.0. The molecule has 4 nitrogen and oxygen atoms in total. The summed E-state index contributed by atoms with van der Waals surface area (Å²) in [7, 11) is -3.52. The molecule has 1 aromatic rings. The van der Waals surface area contributed by atoms with Gasteiger partial charge in [-0.1, -0.05) is 43.7 Å². The van der Waals surface area contributed by atoms with Gasteiger partial charge >= 0.3 is 0 Å². The third-order valence-corrected chi connectivity index (χ3v) is 6.08. The maximum Gasteiger partial charge on any atom is 0.240 e. The number of sulfonamides is 1. The van der Waals surface area contributed by atoms with E-state index in [4.69, 9.17) is 17.3 Å². The SMILES string of the molecule is Cc1cc(Cl)c(N)cc1S(=O)(=O)NCCC1CCCCC1. The third-order valence-electron chi connectivity index (χ3n) is 4.15. The number of anilines is 1. The number of halogens is 1. The third kappa shape index (κ3) is 4.34. The van der Waals surface area contributed by atoms with E-state index in [1.54, 1.807) is 13.0 Å². The molecule has 1 aliphatic rings. The van der Waals surface area contributed by atoms with Crippen molar-refractivity contribution >= 4 is 27.3 Å². The predicted molar refractivity (Wildman–Crippen MR) is 87.0 cm³/mol. The van der Waals surface area contributed by atoms with Gasteiger partial charge in [-0.05, 0) is 37.0 Å². The summed E-state index contributed by atoms with van der Waals surface area (Å²) in [5.41, 5.74) is 6.61. The van der Waals surface area contributed by atoms with Gasteiger partial charge in [-0.2, -0.15) is 0 Å². The minimum atomic E-state index is -3.52. The van der Waals surface area contributed by atoms with Crippen molar-refractivity contribution < 1.29 is 8.42 Å². The van der Waals surface area contributed by atoms with Crippen LogP contribution in [0.3, 0.4) is 0 Å². The van der Waals surface area contributed by atoms with Gasteiger partial charge < -0.3 is 5.73 Å². The highest BCUT2D eigenvalue weighted by Crippen LogP contribution is 2.27. The van der Waals surface area contributed by atoms with Crippen LogP contribution in [0.1, 0.15) is 44.1 Å². The number of aryl methyl sites for hydroxylation is 1. The van der Waals surface area contributed by atoms with Crippen LogP contribution in [0.25, 0.3) is 0 Å². The van der Waals surface area contributed by atoms with Gasteiger partial charge in [0.25, 0.3) is 0 Å². The van der Waals surface area contributed by atoms with E-state index in [1.165, 1.54) is 38.2 Å². The fraction of sp³-hybridized carbons (Fsp3) is 0.600. The molecule has 1 aromatic carbocycles. The molecule has 6 heteroatoms. The van der Waals surface area contributed by atoms with Crippen molar-refractivity contribution in [3.05, 3.63) is 22.7 Å². The van der Waals surface area contributed by atoms with Crippen LogP contribution in [-0.4, -0.2) is 15.0 Å². The van der Waals surface area contributed by atoms with Crippen LogP contribution >= 0.6 is 11.6 Å². The number of nitrogen functional groups attached to an aromatic ring is 1. The van der Waals surface area contributed by atoms with E-state index in [1.807, 2.05) is 0 Å². The van der Waals surface area contributed by atoms with E-state index >= 15 is 0 Å². The second-order valence-electron chi connectivity index (χ2n) is 5.83. The quantitative estimate of drug-likeness (QED) is 0.812. The first-order valence-electron chi connectivity index (χ1n) is 7.45. The molecule has 0 bridgehead atoms. The summed E-state index contributed by atoms with van der Waals surface area (Å²) >= 11 is 5.90. The van der Waals surface area contributed by atoms with E-state index in [0.29, 0.717) is 23.0 Å².